The lowest BCUT2D eigenvalue weighted by Gasteiger charge is -2.14. The van der Waals surface area contributed by atoms with Crippen molar-refractivity contribution < 1.29 is 4.79 Å². The molecule has 122 valence electrons. The second kappa shape index (κ2) is 7.44. The van der Waals surface area contributed by atoms with Crippen LogP contribution in [0.5, 0.6) is 0 Å². The van der Waals surface area contributed by atoms with E-state index in [1.807, 2.05) is 43.5 Å². The average molecular weight is 448 g/mol. The van der Waals surface area contributed by atoms with Crippen LogP contribution in [0.2, 0.25) is 0 Å². The van der Waals surface area contributed by atoms with E-state index in [-0.39, 0.29) is 11.8 Å². The summed E-state index contributed by atoms with van der Waals surface area (Å²) in [5.74, 6) is -0.0567. The Hall–Kier alpha value is -1.73. The molecule has 3 rings (SSSR count). The number of nitrogens with one attached hydrogen (secondary N) is 1. The van der Waals surface area contributed by atoms with Gasteiger partial charge in [-0.15, -0.1) is 11.3 Å². The normalized spacial score (nSPS) is 10.8. The van der Waals surface area contributed by atoms with Crippen molar-refractivity contribution in [2.24, 2.45) is 5.92 Å². The number of anilines is 1. The van der Waals surface area contributed by atoms with Gasteiger partial charge in [-0.2, -0.15) is 0 Å². The van der Waals surface area contributed by atoms with E-state index in [4.69, 9.17) is 0 Å². The van der Waals surface area contributed by atoms with Gasteiger partial charge in [0.2, 0.25) is 5.91 Å². The first kappa shape index (κ1) is 17.1. The number of hydrogen-bond acceptors (Lipinski definition) is 3. The number of nitrogens with zero attached hydrogens (tertiary/aromatic N) is 1. The SMILES string of the molecule is CC(C)C(=O)Nc1ccc(-c2ccccc2I)cc1-c1nccs1. The molecule has 24 heavy (non-hydrogen) atoms. The Balaban J connectivity index is 2.08. The third-order valence-electron chi connectivity index (χ3n) is 3.65. The lowest BCUT2D eigenvalue weighted by Crippen LogP contribution is -2.18. The predicted molar refractivity (Wildman–Crippen MR) is 109 cm³/mol. The van der Waals surface area contributed by atoms with Crippen molar-refractivity contribution in [1.82, 2.24) is 4.98 Å². The molecule has 0 spiro atoms. The lowest BCUT2D eigenvalue weighted by molar-refractivity contribution is -0.118. The number of carbonyl (C=O) groups is 1. The molecule has 0 atom stereocenters. The number of benzene rings is 2. The van der Waals surface area contributed by atoms with Crippen LogP contribution in [0.15, 0.2) is 54.0 Å². The van der Waals surface area contributed by atoms with Crippen LogP contribution in [0.4, 0.5) is 5.69 Å². The predicted octanol–water partition coefficient (Wildman–Crippen LogP) is 5.68. The van der Waals surface area contributed by atoms with Crippen LogP contribution >= 0.6 is 33.9 Å². The van der Waals surface area contributed by atoms with Gasteiger partial charge in [0, 0.05) is 26.6 Å². The summed E-state index contributed by atoms with van der Waals surface area (Å²) >= 11 is 3.91. The second-order valence-electron chi connectivity index (χ2n) is 5.72. The van der Waals surface area contributed by atoms with Crippen LogP contribution in [0.25, 0.3) is 21.7 Å². The molecular weight excluding hydrogens is 431 g/mol. The van der Waals surface area contributed by atoms with E-state index in [0.717, 1.165) is 21.8 Å². The Bertz CT molecular complexity index is 860. The molecule has 0 saturated carbocycles. The van der Waals surface area contributed by atoms with Crippen LogP contribution < -0.4 is 5.32 Å². The van der Waals surface area contributed by atoms with Crippen molar-refractivity contribution in [2.45, 2.75) is 13.8 Å². The number of thiazole rings is 1. The summed E-state index contributed by atoms with van der Waals surface area (Å²) in [6, 6.07) is 14.4. The van der Waals surface area contributed by atoms with E-state index < -0.39 is 0 Å². The van der Waals surface area contributed by atoms with Gasteiger partial charge in [0.25, 0.3) is 0 Å². The fourth-order valence-electron chi connectivity index (χ4n) is 2.33. The van der Waals surface area contributed by atoms with Gasteiger partial charge in [0.05, 0.1) is 5.69 Å². The number of carbonyl (C=O) groups excluding carboxylic acids is 1. The summed E-state index contributed by atoms with van der Waals surface area (Å²) < 4.78 is 1.19. The van der Waals surface area contributed by atoms with E-state index in [0.29, 0.717) is 0 Å². The van der Waals surface area contributed by atoms with Gasteiger partial charge >= 0.3 is 0 Å². The Morgan fingerprint density at radius 1 is 1.17 bits per heavy atom. The van der Waals surface area contributed by atoms with Crippen LogP contribution in [0, 0.1) is 9.49 Å². The van der Waals surface area contributed by atoms with Gasteiger partial charge < -0.3 is 5.32 Å². The number of hydrogen-bond donors (Lipinski definition) is 1. The maximum atomic E-state index is 12.1. The zero-order valence-electron chi connectivity index (χ0n) is 13.4. The van der Waals surface area contributed by atoms with Gasteiger partial charge in [-0.05, 0) is 51.9 Å². The molecule has 0 unspecified atom stereocenters. The van der Waals surface area contributed by atoms with Crippen molar-refractivity contribution in [3.8, 4) is 21.7 Å². The number of rotatable bonds is 4. The van der Waals surface area contributed by atoms with E-state index in [1.165, 1.54) is 9.13 Å². The summed E-state index contributed by atoms with van der Waals surface area (Å²) in [4.78, 5) is 16.5. The quantitative estimate of drug-likeness (QED) is 0.522. The molecule has 0 radical (unpaired) electrons. The molecule has 0 fully saturated rings. The lowest BCUT2D eigenvalue weighted by atomic mass is 10.0. The highest BCUT2D eigenvalue weighted by Crippen LogP contribution is 2.35. The molecule has 3 nitrogen and oxygen atoms in total. The Morgan fingerprint density at radius 2 is 1.96 bits per heavy atom. The zero-order valence-corrected chi connectivity index (χ0v) is 16.4. The minimum atomic E-state index is -0.0658. The van der Waals surface area contributed by atoms with Gasteiger partial charge in [0.1, 0.15) is 5.01 Å². The molecule has 0 aliphatic rings. The minimum Gasteiger partial charge on any atom is -0.325 e. The standard InChI is InChI=1S/C19H17IN2OS/c1-12(2)18(23)22-17-8-7-13(14-5-3-4-6-16(14)20)11-15(17)19-21-9-10-24-19/h3-12H,1-2H3,(H,22,23). The number of aromatic nitrogens is 1. The van der Waals surface area contributed by atoms with E-state index in [9.17, 15) is 4.79 Å². The molecule has 0 saturated heterocycles. The van der Waals surface area contributed by atoms with Crippen LogP contribution in [-0.2, 0) is 4.79 Å². The molecule has 1 amide bonds. The second-order valence-corrected chi connectivity index (χ2v) is 7.78. The fraction of sp³-hybridized carbons (Fsp3) is 0.158. The first-order valence-electron chi connectivity index (χ1n) is 7.66. The summed E-state index contributed by atoms with van der Waals surface area (Å²) in [5, 5.41) is 5.87. The third-order valence-corrected chi connectivity index (χ3v) is 5.40. The topological polar surface area (TPSA) is 42.0 Å². The molecular formula is C19H17IN2OS. The highest BCUT2D eigenvalue weighted by Gasteiger charge is 2.14. The summed E-state index contributed by atoms with van der Waals surface area (Å²) in [5.41, 5.74) is 4.06. The van der Waals surface area contributed by atoms with Crippen molar-refractivity contribution in [2.75, 3.05) is 5.32 Å². The van der Waals surface area contributed by atoms with Gasteiger partial charge in [-0.3, -0.25) is 4.79 Å². The van der Waals surface area contributed by atoms with Crippen molar-refractivity contribution >= 4 is 45.5 Å². The van der Waals surface area contributed by atoms with Crippen LogP contribution in [0.3, 0.4) is 0 Å². The molecule has 1 heterocycles. The first-order valence-corrected chi connectivity index (χ1v) is 9.62. The molecule has 3 aromatic rings. The highest BCUT2D eigenvalue weighted by atomic mass is 127. The van der Waals surface area contributed by atoms with Crippen LogP contribution in [0.1, 0.15) is 13.8 Å². The molecule has 1 aromatic heterocycles. The van der Waals surface area contributed by atoms with E-state index in [2.05, 4.69) is 51.1 Å². The number of halogens is 1. The van der Waals surface area contributed by atoms with Gasteiger partial charge in [-0.1, -0.05) is 38.1 Å². The summed E-state index contributed by atoms with van der Waals surface area (Å²) in [6.07, 6.45) is 1.78. The monoisotopic (exact) mass is 448 g/mol. The summed E-state index contributed by atoms with van der Waals surface area (Å²) in [7, 11) is 0. The third kappa shape index (κ3) is 3.67. The summed E-state index contributed by atoms with van der Waals surface area (Å²) in [6.45, 7) is 3.78. The molecule has 0 aliphatic heterocycles. The molecule has 1 N–H and O–H groups in total. The Morgan fingerprint density at radius 3 is 2.62 bits per heavy atom. The number of amides is 1. The van der Waals surface area contributed by atoms with Crippen molar-refractivity contribution in [3.63, 3.8) is 0 Å². The van der Waals surface area contributed by atoms with Crippen molar-refractivity contribution in [3.05, 3.63) is 57.6 Å². The fourth-order valence-corrected chi connectivity index (χ4v) is 3.69. The smallest absolute Gasteiger partial charge is 0.226 e. The van der Waals surface area contributed by atoms with Gasteiger partial charge in [0.15, 0.2) is 0 Å². The van der Waals surface area contributed by atoms with Crippen LogP contribution in [-0.4, -0.2) is 10.9 Å². The van der Waals surface area contributed by atoms with E-state index >= 15 is 0 Å². The highest BCUT2D eigenvalue weighted by molar-refractivity contribution is 14.1. The zero-order chi connectivity index (χ0) is 17.1. The molecule has 0 bridgehead atoms. The average Bonchev–Trinajstić information content (AvgIpc) is 3.10. The minimum absolute atomic E-state index is 0.00912. The molecule has 5 heteroatoms. The van der Waals surface area contributed by atoms with E-state index in [1.54, 1.807) is 17.5 Å². The maximum Gasteiger partial charge on any atom is 0.226 e. The maximum absolute atomic E-state index is 12.1. The van der Waals surface area contributed by atoms with Gasteiger partial charge in [-0.25, -0.2) is 4.98 Å². The first-order chi connectivity index (χ1) is 11.6. The Labute approximate surface area is 159 Å². The largest absolute Gasteiger partial charge is 0.325 e. The molecule has 0 aliphatic carbocycles. The van der Waals surface area contributed by atoms with Crippen molar-refractivity contribution in [1.29, 1.82) is 0 Å². The molecule has 2 aromatic carbocycles. The Kier molecular flexibility index (Phi) is 5.30.